The molecule has 4 saturated carbocycles. The van der Waals surface area contributed by atoms with Gasteiger partial charge in [-0.1, -0.05) is 46.8 Å². The Morgan fingerprint density at radius 2 is 1.52 bits per heavy atom. The summed E-state index contributed by atoms with van der Waals surface area (Å²) in [7, 11) is -4.57. The first-order chi connectivity index (χ1) is 22.2. The zero-order valence-electron chi connectivity index (χ0n) is 28.3. The van der Waals surface area contributed by atoms with Gasteiger partial charge in [0.1, 0.15) is 30.0 Å². The molecule has 15 heteroatoms. The van der Waals surface area contributed by atoms with E-state index in [9.17, 15) is 49.3 Å². The van der Waals surface area contributed by atoms with Gasteiger partial charge in [-0.2, -0.15) is 8.42 Å². The molecule has 1 heterocycles. The quantitative estimate of drug-likeness (QED) is 0.0853. The van der Waals surface area contributed by atoms with Crippen LogP contribution >= 0.6 is 0 Å². The first-order valence-corrected chi connectivity index (χ1v) is 18.6. The highest BCUT2D eigenvalue weighted by Gasteiger charge is 2.75. The van der Waals surface area contributed by atoms with Crippen molar-refractivity contribution in [3.05, 3.63) is 12.2 Å². The van der Waals surface area contributed by atoms with Crippen LogP contribution in [0.15, 0.2) is 12.2 Å². The molecule has 0 aromatic carbocycles. The smallest absolute Gasteiger partial charge is 0.390 e. The van der Waals surface area contributed by atoms with Gasteiger partial charge >= 0.3 is 10.4 Å². The monoisotopic (exact) mass is 708 g/mol. The normalized spacial score (nSPS) is 51.5. The van der Waals surface area contributed by atoms with E-state index in [-0.39, 0.29) is 37.4 Å². The van der Waals surface area contributed by atoms with Crippen LogP contribution in [0.4, 0.5) is 0 Å². The van der Waals surface area contributed by atoms with Crippen molar-refractivity contribution in [2.75, 3.05) is 13.2 Å². The minimum Gasteiger partial charge on any atom is -0.390 e. The molecule has 14 nitrogen and oxygen atoms in total. The molecule has 5 rings (SSSR count). The van der Waals surface area contributed by atoms with Crippen molar-refractivity contribution in [3.8, 4) is 0 Å². The fourth-order valence-electron chi connectivity index (χ4n) is 10.6. The zero-order valence-corrected chi connectivity index (χ0v) is 29.1. The van der Waals surface area contributed by atoms with Gasteiger partial charge < -0.3 is 50.3 Å². The first-order valence-electron chi connectivity index (χ1n) is 17.2. The third-order valence-electron chi connectivity index (χ3n) is 13.4. The second kappa shape index (κ2) is 13.6. The first kappa shape index (κ1) is 38.4. The van der Waals surface area contributed by atoms with Gasteiger partial charge in [-0.05, 0) is 78.4 Å². The van der Waals surface area contributed by atoms with Crippen LogP contribution in [0.5, 0.6) is 0 Å². The van der Waals surface area contributed by atoms with E-state index < -0.39 is 106 Å². The number of fused-ring (bicyclic) bond motifs is 5. The van der Waals surface area contributed by atoms with Crippen molar-refractivity contribution in [2.45, 2.75) is 127 Å². The summed E-state index contributed by atoms with van der Waals surface area (Å²) in [5, 5.41) is 89.6. The molecule has 0 aromatic rings. The van der Waals surface area contributed by atoms with Crippen molar-refractivity contribution >= 4 is 10.4 Å². The third kappa shape index (κ3) is 6.43. The molecule has 0 aromatic heterocycles. The number of hydrogen-bond donors (Lipinski definition) is 9. The van der Waals surface area contributed by atoms with E-state index in [1.807, 2.05) is 39.8 Å². The number of rotatable bonds is 9. The average Bonchev–Trinajstić information content (AvgIpc) is 3.22. The maximum Gasteiger partial charge on any atom is 0.397 e. The molecule has 278 valence electrons. The Morgan fingerprint density at radius 3 is 2.17 bits per heavy atom. The Kier molecular flexibility index (Phi) is 10.9. The van der Waals surface area contributed by atoms with Gasteiger partial charge in [0.15, 0.2) is 6.29 Å². The van der Waals surface area contributed by atoms with Crippen LogP contribution in [0.2, 0.25) is 0 Å². The summed E-state index contributed by atoms with van der Waals surface area (Å²) in [6, 6.07) is 0. The highest BCUT2D eigenvalue weighted by molar-refractivity contribution is 7.80. The fourth-order valence-corrected chi connectivity index (χ4v) is 11.0. The maximum atomic E-state index is 12.7. The molecule has 1 saturated heterocycles. The van der Waals surface area contributed by atoms with E-state index in [0.29, 0.717) is 25.7 Å². The van der Waals surface area contributed by atoms with E-state index in [4.69, 9.17) is 14.0 Å². The minimum absolute atomic E-state index is 0.155. The molecule has 5 fully saturated rings. The summed E-state index contributed by atoms with van der Waals surface area (Å²) < 4.78 is 46.9. The predicted molar refractivity (Wildman–Crippen MR) is 169 cm³/mol. The molecule has 5 aliphatic rings. The molecule has 48 heavy (non-hydrogen) atoms. The van der Waals surface area contributed by atoms with Crippen molar-refractivity contribution in [1.29, 1.82) is 0 Å². The van der Waals surface area contributed by atoms with E-state index in [1.54, 1.807) is 6.92 Å². The summed E-state index contributed by atoms with van der Waals surface area (Å²) in [5.41, 5.74) is -3.40. The van der Waals surface area contributed by atoms with Crippen LogP contribution in [-0.2, 0) is 24.1 Å². The van der Waals surface area contributed by atoms with Gasteiger partial charge in [-0.25, -0.2) is 4.18 Å². The standard InChI is InChI=1S/C33H56O14S/c1-15(17(3)13-46-48(42,43)44)6-7-16(2)22-25(37)26(38)28-32(22,5)11-9-21-31(4)10-8-18(12-19(31)23(35)29(40)33(21,28)41)47-30-27(39)24(36)20(34)14-45-30/h6-7,15-30,34-41H,8-14H2,1-5H3,(H,42,43,44)/b7-6+/t15?,16-,17?,18+,19?,20?,21?,22+,23-,24?,25-,26?,27?,28?,29-,30?,31+,32-,33+/m1/s1. The summed E-state index contributed by atoms with van der Waals surface area (Å²) in [6.07, 6.45) is -5.35. The van der Waals surface area contributed by atoms with Crippen LogP contribution < -0.4 is 0 Å². The van der Waals surface area contributed by atoms with Gasteiger partial charge in [0.05, 0.1) is 37.6 Å². The molecule has 9 N–H and O–H groups in total. The highest BCUT2D eigenvalue weighted by Crippen LogP contribution is 2.69. The van der Waals surface area contributed by atoms with Crippen LogP contribution in [0.1, 0.15) is 66.7 Å². The lowest BCUT2D eigenvalue weighted by Crippen LogP contribution is -2.75. The third-order valence-corrected chi connectivity index (χ3v) is 13.8. The number of allylic oxidation sites excluding steroid dienone is 2. The predicted octanol–water partition coefficient (Wildman–Crippen LogP) is -0.248. The Morgan fingerprint density at radius 1 is 0.875 bits per heavy atom. The van der Waals surface area contributed by atoms with Crippen molar-refractivity contribution in [2.24, 2.45) is 52.3 Å². The second-order valence-electron chi connectivity index (χ2n) is 16.1. The van der Waals surface area contributed by atoms with Crippen molar-refractivity contribution in [3.63, 3.8) is 0 Å². The molecule has 10 unspecified atom stereocenters. The Balaban J connectivity index is 1.34. The van der Waals surface area contributed by atoms with Crippen LogP contribution in [0.25, 0.3) is 0 Å². The van der Waals surface area contributed by atoms with Crippen molar-refractivity contribution in [1.82, 2.24) is 0 Å². The lowest BCUT2D eigenvalue weighted by atomic mass is 9.41. The molecule has 4 aliphatic carbocycles. The zero-order chi connectivity index (χ0) is 35.7. The molecule has 0 radical (unpaired) electrons. The molecular formula is C33H56O14S. The van der Waals surface area contributed by atoms with E-state index in [2.05, 4.69) is 4.18 Å². The average molecular weight is 709 g/mol. The minimum atomic E-state index is -4.57. The number of aliphatic hydroxyl groups excluding tert-OH is 7. The molecule has 0 bridgehead atoms. The summed E-state index contributed by atoms with van der Waals surface area (Å²) >= 11 is 0. The Labute approximate surface area is 282 Å². The Bertz CT molecular complexity index is 1280. The summed E-state index contributed by atoms with van der Waals surface area (Å²) in [4.78, 5) is 0. The van der Waals surface area contributed by atoms with Gasteiger partial charge in [-0.3, -0.25) is 4.55 Å². The van der Waals surface area contributed by atoms with Gasteiger partial charge in [-0.15, -0.1) is 0 Å². The highest BCUT2D eigenvalue weighted by atomic mass is 32.3. The maximum absolute atomic E-state index is 12.7. The lowest BCUT2D eigenvalue weighted by molar-refractivity contribution is -0.321. The molecule has 1 aliphatic heterocycles. The summed E-state index contributed by atoms with van der Waals surface area (Å²) in [5.74, 6) is -3.19. The SMILES string of the molecule is CC(/C=C/[C@@H](C)[C@H]1[C@@H](O)C(O)C2[C@@]3(O)C(CC[C@@]21C)[C@@]1(C)CC[C@H](OC2OCC(O)C(O)C2O)CC1[C@@H](O)[C@H]3O)C(C)COS(=O)(=O)O. The van der Waals surface area contributed by atoms with Gasteiger partial charge in [0, 0.05) is 5.92 Å². The van der Waals surface area contributed by atoms with E-state index in [1.165, 1.54) is 0 Å². The molecule has 0 amide bonds. The fraction of sp³-hybridized carbons (Fsp3) is 0.939. The second-order valence-corrected chi connectivity index (χ2v) is 17.2. The molecular weight excluding hydrogens is 652 g/mol. The Hall–Kier alpha value is -0.790. The summed E-state index contributed by atoms with van der Waals surface area (Å²) in [6.45, 7) is 9.04. The topological polar surface area (TPSA) is 244 Å². The van der Waals surface area contributed by atoms with E-state index >= 15 is 0 Å². The molecule has 19 atom stereocenters. The number of ether oxygens (including phenoxy) is 2. The number of aliphatic hydroxyl groups is 8. The van der Waals surface area contributed by atoms with Gasteiger partial charge in [0.25, 0.3) is 0 Å². The lowest BCUT2D eigenvalue weighted by Gasteiger charge is -2.67. The van der Waals surface area contributed by atoms with Crippen LogP contribution in [-0.4, -0.2) is 128 Å². The number of hydrogen-bond acceptors (Lipinski definition) is 13. The largest absolute Gasteiger partial charge is 0.397 e. The van der Waals surface area contributed by atoms with Gasteiger partial charge in [0.2, 0.25) is 0 Å². The van der Waals surface area contributed by atoms with Crippen LogP contribution in [0, 0.1) is 52.3 Å². The van der Waals surface area contributed by atoms with Crippen molar-refractivity contribution < 1.29 is 67.5 Å². The molecule has 0 spiro atoms. The van der Waals surface area contributed by atoms with Crippen LogP contribution in [0.3, 0.4) is 0 Å². The van der Waals surface area contributed by atoms with E-state index in [0.717, 1.165) is 0 Å².